The third-order valence-electron chi connectivity index (χ3n) is 2.56. The van der Waals surface area contributed by atoms with E-state index in [1.807, 2.05) is 0 Å². The molecule has 0 radical (unpaired) electrons. The van der Waals surface area contributed by atoms with Gasteiger partial charge >= 0.3 is 12.2 Å². The summed E-state index contributed by atoms with van der Waals surface area (Å²) in [4.78, 5) is 28.3. The molecule has 144 valence electrons. The van der Waals surface area contributed by atoms with Gasteiger partial charge in [-0.3, -0.25) is 10.6 Å². The Morgan fingerprint density at radius 3 is 1.77 bits per heavy atom. The summed E-state index contributed by atoms with van der Waals surface area (Å²) >= 11 is 0. The lowest BCUT2D eigenvalue weighted by Gasteiger charge is -2.22. The number of hydrogen-bond donors (Lipinski definition) is 2. The van der Waals surface area contributed by atoms with Crippen LogP contribution >= 0.6 is 0 Å². The zero-order valence-corrected chi connectivity index (χ0v) is 16.3. The summed E-state index contributed by atoms with van der Waals surface area (Å²) in [5.41, 5.74) is -0.992. The van der Waals surface area contributed by atoms with Crippen molar-refractivity contribution in [3.63, 3.8) is 0 Å². The van der Waals surface area contributed by atoms with E-state index < -0.39 is 23.4 Å². The van der Waals surface area contributed by atoms with Crippen molar-refractivity contribution >= 4 is 23.8 Å². The smallest absolute Gasteiger partial charge is 0.414 e. The summed E-state index contributed by atoms with van der Waals surface area (Å²) in [5, 5.41) is 4.82. The van der Waals surface area contributed by atoms with E-state index >= 15 is 0 Å². The lowest BCUT2D eigenvalue weighted by molar-refractivity contribution is 0.0545. The Balaban J connectivity index is 3.06. The molecule has 1 aromatic carbocycles. The quantitative estimate of drug-likeness (QED) is 0.615. The highest BCUT2D eigenvalue weighted by atomic mass is 16.6. The van der Waals surface area contributed by atoms with Gasteiger partial charge in [0.2, 0.25) is 5.96 Å². The minimum Gasteiger partial charge on any atom is -0.494 e. The minimum atomic E-state index is -0.762. The van der Waals surface area contributed by atoms with Gasteiger partial charge in [0.05, 0.1) is 7.11 Å². The van der Waals surface area contributed by atoms with E-state index in [4.69, 9.17) is 14.2 Å². The summed E-state index contributed by atoms with van der Waals surface area (Å²) < 4.78 is 15.6. The van der Waals surface area contributed by atoms with Crippen LogP contribution in [0, 0.1) is 0 Å². The van der Waals surface area contributed by atoms with E-state index in [0.717, 1.165) is 0 Å². The number of ether oxygens (including phenoxy) is 3. The fraction of sp³-hybridized carbons (Fsp3) is 0.500. The van der Waals surface area contributed by atoms with Crippen molar-refractivity contribution in [2.24, 2.45) is 4.99 Å². The maximum Gasteiger partial charge on any atom is 0.414 e. The third kappa shape index (κ3) is 8.36. The Morgan fingerprint density at radius 2 is 1.35 bits per heavy atom. The zero-order valence-electron chi connectivity index (χ0n) is 16.3. The summed E-state index contributed by atoms with van der Waals surface area (Å²) in [6, 6.07) is 6.91. The Bertz CT molecular complexity index is 640. The van der Waals surface area contributed by atoms with E-state index in [9.17, 15) is 9.59 Å². The Labute approximate surface area is 153 Å². The molecule has 2 N–H and O–H groups in total. The molecule has 0 heterocycles. The van der Waals surface area contributed by atoms with E-state index in [-0.39, 0.29) is 5.96 Å². The Kier molecular flexibility index (Phi) is 7.00. The van der Waals surface area contributed by atoms with Crippen molar-refractivity contribution < 1.29 is 23.8 Å². The molecule has 0 spiro atoms. The Hall–Kier alpha value is -2.77. The number of guanidine groups is 1. The van der Waals surface area contributed by atoms with Gasteiger partial charge in [-0.1, -0.05) is 12.1 Å². The second kappa shape index (κ2) is 8.55. The molecule has 0 bridgehead atoms. The van der Waals surface area contributed by atoms with Gasteiger partial charge in [0.1, 0.15) is 22.6 Å². The van der Waals surface area contributed by atoms with Gasteiger partial charge in [0, 0.05) is 0 Å². The van der Waals surface area contributed by atoms with Crippen LogP contribution in [0.1, 0.15) is 41.5 Å². The molecular formula is C18H27N3O5. The molecule has 2 amide bonds. The van der Waals surface area contributed by atoms with Crippen molar-refractivity contribution in [2.75, 3.05) is 7.11 Å². The molecule has 0 saturated carbocycles. The van der Waals surface area contributed by atoms with Crippen LogP contribution in [-0.2, 0) is 9.47 Å². The van der Waals surface area contributed by atoms with Crippen LogP contribution in [0.25, 0.3) is 0 Å². The predicted molar refractivity (Wildman–Crippen MR) is 98.8 cm³/mol. The molecule has 26 heavy (non-hydrogen) atoms. The lowest BCUT2D eigenvalue weighted by Crippen LogP contribution is -2.47. The van der Waals surface area contributed by atoms with Gasteiger partial charge in [0.25, 0.3) is 0 Å². The van der Waals surface area contributed by atoms with Crippen LogP contribution in [0.5, 0.6) is 5.75 Å². The molecular weight excluding hydrogens is 338 g/mol. The molecule has 0 aliphatic carbocycles. The minimum absolute atomic E-state index is 0.141. The largest absolute Gasteiger partial charge is 0.494 e. The molecule has 0 unspecified atom stereocenters. The topological polar surface area (TPSA) is 98.3 Å². The zero-order chi connectivity index (χ0) is 20.0. The maximum absolute atomic E-state index is 12.0. The highest BCUT2D eigenvalue weighted by Crippen LogP contribution is 2.26. The summed E-state index contributed by atoms with van der Waals surface area (Å²) in [5.74, 6) is 0.333. The average Bonchev–Trinajstić information content (AvgIpc) is 2.43. The van der Waals surface area contributed by atoms with Gasteiger partial charge in [0.15, 0.2) is 0 Å². The fourth-order valence-electron chi connectivity index (χ4n) is 1.73. The fourth-order valence-corrected chi connectivity index (χ4v) is 1.73. The molecule has 0 atom stereocenters. The van der Waals surface area contributed by atoms with Crippen LogP contribution in [0.3, 0.4) is 0 Å². The molecule has 1 rings (SSSR count). The SMILES string of the molecule is COc1ccccc1N=C(NC(=O)OC(C)(C)C)NC(=O)OC(C)(C)C. The lowest BCUT2D eigenvalue weighted by atomic mass is 10.2. The summed E-state index contributed by atoms with van der Waals surface area (Å²) in [6.45, 7) is 10.4. The number of hydrogen-bond acceptors (Lipinski definition) is 6. The van der Waals surface area contributed by atoms with Crippen LogP contribution < -0.4 is 15.4 Å². The molecule has 8 nitrogen and oxygen atoms in total. The first-order valence-electron chi connectivity index (χ1n) is 8.11. The first-order chi connectivity index (χ1) is 11.9. The van der Waals surface area contributed by atoms with Crippen molar-refractivity contribution in [3.8, 4) is 5.75 Å². The molecule has 0 fully saturated rings. The number of nitrogens with zero attached hydrogens (tertiary/aromatic N) is 1. The van der Waals surface area contributed by atoms with Gasteiger partial charge in [-0.05, 0) is 53.7 Å². The highest BCUT2D eigenvalue weighted by Gasteiger charge is 2.21. The number of para-hydroxylation sites is 2. The van der Waals surface area contributed by atoms with Gasteiger partial charge in [-0.15, -0.1) is 0 Å². The molecule has 0 aromatic heterocycles. The second-order valence-electron chi connectivity index (χ2n) is 7.39. The van der Waals surface area contributed by atoms with Gasteiger partial charge in [-0.2, -0.15) is 0 Å². The number of rotatable bonds is 2. The average molecular weight is 365 g/mol. The van der Waals surface area contributed by atoms with Crippen molar-refractivity contribution in [3.05, 3.63) is 24.3 Å². The number of benzene rings is 1. The summed E-state index contributed by atoms with van der Waals surface area (Å²) in [6.07, 6.45) is -1.52. The number of carbonyl (C=O) groups excluding carboxylic acids is 2. The number of carbonyl (C=O) groups is 2. The number of amides is 2. The Morgan fingerprint density at radius 1 is 0.885 bits per heavy atom. The normalized spacial score (nSPS) is 11.2. The molecule has 0 aliphatic rings. The number of aliphatic imine (C=N–C) groups is 1. The standard InChI is InChI=1S/C18H27N3O5/c1-17(2,3)25-15(22)20-14(21-16(23)26-18(4,5)6)19-12-10-8-9-11-13(12)24-7/h8-11H,1-7H3,(H2,19,20,21,22,23). The van der Waals surface area contributed by atoms with Crippen molar-refractivity contribution in [2.45, 2.75) is 52.7 Å². The number of nitrogens with one attached hydrogen (secondary N) is 2. The molecule has 8 heteroatoms. The van der Waals surface area contributed by atoms with Crippen molar-refractivity contribution in [1.82, 2.24) is 10.6 Å². The highest BCUT2D eigenvalue weighted by molar-refractivity contribution is 6.02. The van der Waals surface area contributed by atoms with Crippen LogP contribution in [0.2, 0.25) is 0 Å². The van der Waals surface area contributed by atoms with Crippen LogP contribution in [0.15, 0.2) is 29.3 Å². The van der Waals surface area contributed by atoms with E-state index in [1.54, 1.807) is 65.8 Å². The number of methoxy groups -OCH3 is 1. The van der Waals surface area contributed by atoms with Gasteiger partial charge in [-0.25, -0.2) is 14.6 Å². The first kappa shape index (κ1) is 21.3. The molecule has 0 aliphatic heterocycles. The maximum atomic E-state index is 12.0. The third-order valence-corrected chi connectivity index (χ3v) is 2.56. The monoisotopic (exact) mass is 365 g/mol. The predicted octanol–water partition coefficient (Wildman–Crippen LogP) is 3.73. The molecule has 1 aromatic rings. The van der Waals surface area contributed by atoms with E-state index in [1.165, 1.54) is 7.11 Å². The summed E-state index contributed by atoms with van der Waals surface area (Å²) in [7, 11) is 1.50. The first-order valence-corrected chi connectivity index (χ1v) is 8.11. The van der Waals surface area contributed by atoms with Crippen LogP contribution in [-0.4, -0.2) is 36.5 Å². The second-order valence-corrected chi connectivity index (χ2v) is 7.39. The van der Waals surface area contributed by atoms with E-state index in [2.05, 4.69) is 15.6 Å². The van der Waals surface area contributed by atoms with E-state index in [0.29, 0.717) is 11.4 Å². The van der Waals surface area contributed by atoms with Crippen LogP contribution in [0.4, 0.5) is 15.3 Å². The molecule has 0 saturated heterocycles. The van der Waals surface area contributed by atoms with Crippen molar-refractivity contribution in [1.29, 1.82) is 0 Å². The number of alkyl carbamates (subject to hydrolysis) is 2. The van der Waals surface area contributed by atoms with Gasteiger partial charge < -0.3 is 14.2 Å².